The molecule has 2 aromatic heterocycles. The fourth-order valence-corrected chi connectivity index (χ4v) is 2.03. The molecule has 0 saturated carbocycles. The minimum Gasteiger partial charge on any atom is -0.373 e. The van der Waals surface area contributed by atoms with Crippen LogP contribution in [0.15, 0.2) is 29.2 Å². The molecule has 0 saturated heterocycles. The van der Waals surface area contributed by atoms with E-state index >= 15 is 0 Å². The zero-order chi connectivity index (χ0) is 15.6. The summed E-state index contributed by atoms with van der Waals surface area (Å²) in [5.41, 5.74) is 0.328. The number of aromatic nitrogens is 2. The lowest BCUT2D eigenvalue weighted by Crippen LogP contribution is -2.21. The molecule has 2 aromatic rings. The van der Waals surface area contributed by atoms with E-state index in [0.29, 0.717) is 22.1 Å². The number of hydrogen-bond donors (Lipinski definition) is 1. The van der Waals surface area contributed by atoms with Crippen LogP contribution in [0, 0.1) is 17.0 Å². The van der Waals surface area contributed by atoms with Gasteiger partial charge in [-0.25, -0.2) is 4.98 Å². The van der Waals surface area contributed by atoms with Crippen molar-refractivity contribution in [3.05, 3.63) is 61.1 Å². The summed E-state index contributed by atoms with van der Waals surface area (Å²) in [7, 11) is 1.71. The summed E-state index contributed by atoms with van der Waals surface area (Å²) in [6.45, 7) is 1.59. The first-order valence-corrected chi connectivity index (χ1v) is 6.49. The molecule has 8 heteroatoms. The molecule has 0 aliphatic rings. The van der Waals surface area contributed by atoms with Crippen LogP contribution in [0.1, 0.15) is 11.3 Å². The number of hydrogen-bond acceptors (Lipinski definition) is 5. The third-order valence-electron chi connectivity index (χ3n) is 3.00. The molecule has 21 heavy (non-hydrogen) atoms. The third-order valence-corrected chi connectivity index (χ3v) is 3.34. The number of nitrogens with zero attached hydrogens (tertiary/aromatic N) is 3. The van der Waals surface area contributed by atoms with Gasteiger partial charge in [-0.1, -0.05) is 11.6 Å². The number of nitrogens with one attached hydrogen (secondary N) is 1. The van der Waals surface area contributed by atoms with Crippen LogP contribution in [-0.4, -0.2) is 21.5 Å². The number of rotatable bonds is 4. The molecule has 0 fully saturated rings. The second kappa shape index (κ2) is 5.92. The van der Waals surface area contributed by atoms with Crippen LogP contribution in [0.4, 0.5) is 11.5 Å². The van der Waals surface area contributed by atoms with Crippen LogP contribution in [0.5, 0.6) is 0 Å². The summed E-state index contributed by atoms with van der Waals surface area (Å²) in [5.74, 6) is 0.601. The van der Waals surface area contributed by atoms with E-state index in [1.807, 2.05) is 0 Å². The summed E-state index contributed by atoms with van der Waals surface area (Å²) in [6, 6.07) is 4.59. The van der Waals surface area contributed by atoms with Gasteiger partial charge in [0.2, 0.25) is 0 Å². The van der Waals surface area contributed by atoms with Gasteiger partial charge in [-0.15, -0.1) is 0 Å². The van der Waals surface area contributed by atoms with Crippen LogP contribution in [0.25, 0.3) is 0 Å². The van der Waals surface area contributed by atoms with Crippen LogP contribution < -0.4 is 10.9 Å². The zero-order valence-corrected chi connectivity index (χ0v) is 12.2. The topological polar surface area (TPSA) is 90.1 Å². The van der Waals surface area contributed by atoms with E-state index in [1.54, 1.807) is 19.2 Å². The Kier molecular flexibility index (Phi) is 4.23. The van der Waals surface area contributed by atoms with Crippen molar-refractivity contribution < 1.29 is 4.92 Å². The van der Waals surface area contributed by atoms with Crippen molar-refractivity contribution in [2.75, 3.05) is 12.4 Å². The Balaban J connectivity index is 2.47. The van der Waals surface area contributed by atoms with E-state index in [4.69, 9.17) is 11.6 Å². The first-order valence-electron chi connectivity index (χ1n) is 6.11. The Bertz CT molecular complexity index is 758. The Morgan fingerprint density at radius 1 is 1.48 bits per heavy atom. The van der Waals surface area contributed by atoms with Crippen LogP contribution >= 0.6 is 11.6 Å². The van der Waals surface area contributed by atoms with E-state index in [2.05, 4.69) is 10.3 Å². The number of halogens is 1. The quantitative estimate of drug-likeness (QED) is 0.690. The van der Waals surface area contributed by atoms with E-state index in [1.165, 1.54) is 23.8 Å². The molecule has 0 aliphatic heterocycles. The monoisotopic (exact) mass is 308 g/mol. The van der Waals surface area contributed by atoms with Crippen molar-refractivity contribution in [1.82, 2.24) is 9.55 Å². The molecule has 0 unspecified atom stereocenters. The molecular formula is C13H13ClN4O3. The SMILES string of the molecule is CNc1ccc(Cl)c(Cn2cc([N+](=O)[O-])c(C)cc2=O)n1. The first kappa shape index (κ1) is 15.0. The average molecular weight is 309 g/mol. The Morgan fingerprint density at radius 2 is 2.19 bits per heavy atom. The number of anilines is 1. The molecule has 7 nitrogen and oxygen atoms in total. The van der Waals surface area contributed by atoms with E-state index < -0.39 is 4.92 Å². The molecule has 0 bridgehead atoms. The summed E-state index contributed by atoms with van der Waals surface area (Å²) < 4.78 is 1.22. The maximum Gasteiger partial charge on any atom is 0.288 e. The average Bonchev–Trinajstić information content (AvgIpc) is 2.43. The minimum absolute atomic E-state index is 0.0638. The maximum atomic E-state index is 11.9. The van der Waals surface area contributed by atoms with Gasteiger partial charge in [0.15, 0.2) is 0 Å². The van der Waals surface area contributed by atoms with Crippen molar-refractivity contribution in [2.24, 2.45) is 0 Å². The van der Waals surface area contributed by atoms with Gasteiger partial charge in [0.05, 0.1) is 28.4 Å². The van der Waals surface area contributed by atoms with Gasteiger partial charge < -0.3 is 9.88 Å². The Hall–Kier alpha value is -2.41. The highest BCUT2D eigenvalue weighted by Crippen LogP contribution is 2.19. The van der Waals surface area contributed by atoms with Crippen molar-refractivity contribution in [3.63, 3.8) is 0 Å². The minimum atomic E-state index is -0.523. The third kappa shape index (κ3) is 3.19. The van der Waals surface area contributed by atoms with E-state index in [0.717, 1.165) is 0 Å². The standard InChI is InChI=1S/C13H13ClN4O3/c1-8-5-13(19)17(7-11(8)18(20)21)6-10-9(14)3-4-12(15-2)16-10/h3-5,7H,6H2,1-2H3,(H,15,16). The molecule has 0 aliphatic carbocycles. The Morgan fingerprint density at radius 3 is 2.81 bits per heavy atom. The highest BCUT2D eigenvalue weighted by molar-refractivity contribution is 6.31. The smallest absolute Gasteiger partial charge is 0.288 e. The van der Waals surface area contributed by atoms with E-state index in [-0.39, 0.29) is 17.8 Å². The number of pyridine rings is 2. The van der Waals surface area contributed by atoms with Crippen molar-refractivity contribution in [3.8, 4) is 0 Å². The van der Waals surface area contributed by atoms with Crippen LogP contribution in [0.2, 0.25) is 5.02 Å². The normalized spacial score (nSPS) is 10.4. The van der Waals surface area contributed by atoms with Crippen LogP contribution in [0.3, 0.4) is 0 Å². The molecule has 0 aromatic carbocycles. The van der Waals surface area contributed by atoms with Crippen LogP contribution in [-0.2, 0) is 6.54 Å². The van der Waals surface area contributed by atoms with Gasteiger partial charge in [0, 0.05) is 18.7 Å². The van der Waals surface area contributed by atoms with Gasteiger partial charge in [0.1, 0.15) is 5.82 Å². The van der Waals surface area contributed by atoms with Crippen molar-refractivity contribution in [2.45, 2.75) is 13.5 Å². The first-order chi connectivity index (χ1) is 9.92. The molecule has 0 amide bonds. The van der Waals surface area contributed by atoms with Gasteiger partial charge in [0.25, 0.3) is 11.2 Å². The highest BCUT2D eigenvalue weighted by Gasteiger charge is 2.14. The molecular weight excluding hydrogens is 296 g/mol. The predicted molar refractivity (Wildman–Crippen MR) is 80.0 cm³/mol. The summed E-state index contributed by atoms with van der Waals surface area (Å²) in [5, 5.41) is 14.2. The lowest BCUT2D eigenvalue weighted by molar-refractivity contribution is -0.385. The van der Waals surface area contributed by atoms with E-state index in [9.17, 15) is 14.9 Å². The molecule has 2 heterocycles. The van der Waals surface area contributed by atoms with Gasteiger partial charge >= 0.3 is 0 Å². The number of nitro groups is 1. The Labute approximate surface area is 125 Å². The lowest BCUT2D eigenvalue weighted by atomic mass is 10.2. The largest absolute Gasteiger partial charge is 0.373 e. The second-order valence-corrected chi connectivity index (χ2v) is 4.85. The fourth-order valence-electron chi connectivity index (χ4n) is 1.87. The number of aryl methyl sites for hydroxylation is 1. The molecule has 2 rings (SSSR count). The summed E-state index contributed by atoms with van der Waals surface area (Å²) in [4.78, 5) is 26.6. The predicted octanol–water partition coefficient (Wildman–Crippen LogP) is 2.20. The molecule has 0 spiro atoms. The lowest BCUT2D eigenvalue weighted by Gasteiger charge is -2.09. The molecule has 0 atom stereocenters. The molecule has 1 N–H and O–H groups in total. The fraction of sp³-hybridized carbons (Fsp3) is 0.231. The van der Waals surface area contributed by atoms with Crippen molar-refractivity contribution in [1.29, 1.82) is 0 Å². The summed E-state index contributed by atoms with van der Waals surface area (Å²) >= 11 is 6.05. The van der Waals surface area contributed by atoms with Gasteiger partial charge in [-0.3, -0.25) is 14.9 Å². The highest BCUT2D eigenvalue weighted by atomic mass is 35.5. The zero-order valence-electron chi connectivity index (χ0n) is 11.5. The molecule has 110 valence electrons. The van der Waals surface area contributed by atoms with Gasteiger partial charge in [-0.2, -0.15) is 0 Å². The summed E-state index contributed by atoms with van der Waals surface area (Å²) in [6.07, 6.45) is 1.21. The van der Waals surface area contributed by atoms with Crippen molar-refractivity contribution >= 4 is 23.1 Å². The van der Waals surface area contributed by atoms with Gasteiger partial charge in [-0.05, 0) is 19.1 Å². The maximum absolute atomic E-state index is 11.9. The molecule has 0 radical (unpaired) electrons. The second-order valence-electron chi connectivity index (χ2n) is 4.44.